The van der Waals surface area contributed by atoms with Gasteiger partial charge in [-0.05, 0) is 83.5 Å². The molecule has 0 aliphatic rings. The maximum Gasteiger partial charge on any atom is 0.306 e. The quantitative estimate of drug-likeness (QED) is 0.0374. The Morgan fingerprint density at radius 3 is 1.02 bits per heavy atom. The number of rotatable bonds is 50. The van der Waals surface area contributed by atoms with Crippen LogP contribution in [0.3, 0.4) is 0 Å². The van der Waals surface area contributed by atoms with E-state index in [4.69, 9.17) is 9.47 Å². The van der Waals surface area contributed by atoms with Crippen molar-refractivity contribution < 1.29 is 24.2 Å². The Hall–Kier alpha value is -2.66. The number of hydrogen-bond donors (Lipinski definition) is 1. The molecule has 5 heteroatoms. The Balaban J connectivity index is 3.46. The summed E-state index contributed by atoms with van der Waals surface area (Å²) in [5.74, 6) is -0.596. The van der Waals surface area contributed by atoms with Crippen molar-refractivity contribution in [2.75, 3.05) is 13.2 Å². The SMILES string of the molecule is CC/C=C\C/C=C\C/C=C\CCCCCCCCCC(=O)OCC(CO)OC(=O)CCCCCCCCCCCCCCCCCCCC/C=C\C/C=C\C/C=C\CCCCCCC. The van der Waals surface area contributed by atoms with Gasteiger partial charge in [0.05, 0.1) is 6.61 Å². The Kier molecular flexibility index (Phi) is 52.4. The van der Waals surface area contributed by atoms with Gasteiger partial charge in [0.1, 0.15) is 6.61 Å². The van der Waals surface area contributed by atoms with E-state index in [0.29, 0.717) is 12.8 Å². The monoisotopic (exact) mass is 893 g/mol. The van der Waals surface area contributed by atoms with Crippen LogP contribution in [0.25, 0.3) is 0 Å². The minimum atomic E-state index is -0.778. The molecule has 1 atom stereocenters. The van der Waals surface area contributed by atoms with E-state index in [0.717, 1.165) is 77.0 Å². The number of aliphatic hydroxyl groups excluding tert-OH is 1. The van der Waals surface area contributed by atoms with E-state index >= 15 is 0 Å². The smallest absolute Gasteiger partial charge is 0.306 e. The highest BCUT2D eigenvalue weighted by molar-refractivity contribution is 5.70. The molecule has 0 rings (SSSR count). The maximum atomic E-state index is 12.3. The van der Waals surface area contributed by atoms with Gasteiger partial charge >= 0.3 is 11.9 Å². The third kappa shape index (κ3) is 52.0. The van der Waals surface area contributed by atoms with Gasteiger partial charge in [0.2, 0.25) is 0 Å². The minimum absolute atomic E-state index is 0.0715. The van der Waals surface area contributed by atoms with E-state index < -0.39 is 6.10 Å². The summed E-state index contributed by atoms with van der Waals surface area (Å²) in [5.41, 5.74) is 0. The summed E-state index contributed by atoms with van der Waals surface area (Å²) in [7, 11) is 0. The standard InChI is InChI=1S/C59H104O5/c1-3-5-7-9-11-13-15-17-19-21-22-23-24-25-26-27-28-29-30-31-32-33-34-35-36-38-40-42-44-46-48-50-52-54-59(62)64-57(55-60)56-63-58(61)53-51-49-47-45-43-41-39-37-20-18-16-14-12-10-8-6-4-2/h6,8,12,14-15,17-18,20-22,24-25,57,60H,3-5,7,9-11,13,16,19,23,26-56H2,1-2H3/b8-6-,14-12-,17-15-,20-18-,22-21-,25-24-. The molecule has 5 nitrogen and oxygen atoms in total. The summed E-state index contributed by atoms with van der Waals surface area (Å²) in [4.78, 5) is 24.5. The molecule has 1 N–H and O–H groups in total. The van der Waals surface area contributed by atoms with Crippen LogP contribution in [-0.2, 0) is 19.1 Å². The van der Waals surface area contributed by atoms with Gasteiger partial charge in [-0.15, -0.1) is 0 Å². The number of unbranched alkanes of at least 4 members (excludes halogenated alkanes) is 30. The third-order valence-electron chi connectivity index (χ3n) is 12.0. The summed E-state index contributed by atoms with van der Waals surface area (Å²) in [6.45, 7) is 4.03. The van der Waals surface area contributed by atoms with Gasteiger partial charge < -0.3 is 14.6 Å². The van der Waals surface area contributed by atoms with Crippen molar-refractivity contribution in [3.63, 3.8) is 0 Å². The van der Waals surface area contributed by atoms with Crippen molar-refractivity contribution in [2.45, 2.75) is 277 Å². The number of aliphatic hydroxyl groups is 1. The largest absolute Gasteiger partial charge is 0.462 e. The molecule has 0 aromatic heterocycles. The van der Waals surface area contributed by atoms with Crippen LogP contribution in [0.15, 0.2) is 72.9 Å². The number of esters is 2. The fraction of sp³-hybridized carbons (Fsp3) is 0.763. The first-order valence-electron chi connectivity index (χ1n) is 27.5. The molecule has 0 radical (unpaired) electrons. The Morgan fingerprint density at radius 2 is 0.672 bits per heavy atom. The lowest BCUT2D eigenvalue weighted by molar-refractivity contribution is -0.161. The lowest BCUT2D eigenvalue weighted by Crippen LogP contribution is -2.28. The van der Waals surface area contributed by atoms with E-state index in [1.165, 1.54) is 167 Å². The van der Waals surface area contributed by atoms with Crippen LogP contribution in [0.5, 0.6) is 0 Å². The zero-order chi connectivity index (χ0) is 46.3. The maximum absolute atomic E-state index is 12.3. The van der Waals surface area contributed by atoms with E-state index in [-0.39, 0.29) is 25.2 Å². The number of carbonyl (C=O) groups excluding carboxylic acids is 2. The molecule has 64 heavy (non-hydrogen) atoms. The first-order valence-corrected chi connectivity index (χ1v) is 27.5. The van der Waals surface area contributed by atoms with E-state index in [1.54, 1.807) is 0 Å². The van der Waals surface area contributed by atoms with Crippen molar-refractivity contribution in [1.82, 2.24) is 0 Å². The first kappa shape index (κ1) is 61.3. The topological polar surface area (TPSA) is 72.8 Å². The van der Waals surface area contributed by atoms with Crippen molar-refractivity contribution in [3.05, 3.63) is 72.9 Å². The van der Waals surface area contributed by atoms with Gasteiger partial charge in [-0.1, -0.05) is 247 Å². The molecule has 0 aromatic rings. The Morgan fingerprint density at radius 1 is 0.375 bits per heavy atom. The number of carbonyl (C=O) groups is 2. The molecule has 0 aliphatic heterocycles. The minimum Gasteiger partial charge on any atom is -0.462 e. The zero-order valence-electron chi connectivity index (χ0n) is 42.3. The second-order valence-corrected chi connectivity index (χ2v) is 18.3. The lowest BCUT2D eigenvalue weighted by Gasteiger charge is -2.15. The third-order valence-corrected chi connectivity index (χ3v) is 12.0. The highest BCUT2D eigenvalue weighted by atomic mass is 16.6. The Labute approximate surface area is 397 Å². The van der Waals surface area contributed by atoms with Crippen LogP contribution < -0.4 is 0 Å². The van der Waals surface area contributed by atoms with Crippen LogP contribution in [0.4, 0.5) is 0 Å². The second kappa shape index (κ2) is 54.7. The number of ether oxygens (including phenoxy) is 2. The molecule has 370 valence electrons. The number of hydrogen-bond acceptors (Lipinski definition) is 5. The highest BCUT2D eigenvalue weighted by Gasteiger charge is 2.16. The zero-order valence-corrected chi connectivity index (χ0v) is 42.3. The van der Waals surface area contributed by atoms with E-state index in [1.807, 2.05) is 0 Å². The molecule has 0 saturated carbocycles. The molecule has 0 heterocycles. The Bertz CT molecular complexity index is 1150. The van der Waals surface area contributed by atoms with Crippen molar-refractivity contribution in [2.24, 2.45) is 0 Å². The van der Waals surface area contributed by atoms with Crippen LogP contribution in [0.1, 0.15) is 271 Å². The summed E-state index contributed by atoms with van der Waals surface area (Å²) >= 11 is 0. The summed E-state index contributed by atoms with van der Waals surface area (Å²) in [6.07, 6.45) is 74.5. The predicted octanol–water partition coefficient (Wildman–Crippen LogP) is 18.4. The average Bonchev–Trinajstić information content (AvgIpc) is 3.30. The molecule has 0 amide bonds. The van der Waals surface area contributed by atoms with Crippen LogP contribution >= 0.6 is 0 Å². The summed E-state index contributed by atoms with van der Waals surface area (Å²) < 4.78 is 10.7. The fourth-order valence-electron chi connectivity index (χ4n) is 7.87. The molecule has 0 saturated heterocycles. The van der Waals surface area contributed by atoms with Gasteiger partial charge in [-0.3, -0.25) is 9.59 Å². The van der Waals surface area contributed by atoms with Gasteiger partial charge in [0.25, 0.3) is 0 Å². The summed E-state index contributed by atoms with van der Waals surface area (Å²) in [6, 6.07) is 0. The molecule has 0 aliphatic carbocycles. The van der Waals surface area contributed by atoms with Gasteiger partial charge in [0.15, 0.2) is 6.10 Å². The molecule has 1 unspecified atom stereocenters. The predicted molar refractivity (Wildman–Crippen MR) is 279 cm³/mol. The van der Waals surface area contributed by atoms with E-state index in [9.17, 15) is 14.7 Å². The van der Waals surface area contributed by atoms with Crippen LogP contribution in [-0.4, -0.2) is 36.4 Å². The van der Waals surface area contributed by atoms with E-state index in [2.05, 4.69) is 86.8 Å². The molecule has 0 fully saturated rings. The molecule has 0 aromatic carbocycles. The number of allylic oxidation sites excluding steroid dienone is 12. The average molecular weight is 893 g/mol. The lowest BCUT2D eigenvalue weighted by atomic mass is 10.0. The summed E-state index contributed by atoms with van der Waals surface area (Å²) in [5, 5.41) is 9.63. The van der Waals surface area contributed by atoms with Crippen molar-refractivity contribution in [1.29, 1.82) is 0 Å². The molecular formula is C59H104O5. The van der Waals surface area contributed by atoms with Crippen molar-refractivity contribution in [3.8, 4) is 0 Å². The second-order valence-electron chi connectivity index (χ2n) is 18.3. The highest BCUT2D eigenvalue weighted by Crippen LogP contribution is 2.16. The fourth-order valence-corrected chi connectivity index (χ4v) is 7.87. The van der Waals surface area contributed by atoms with Crippen LogP contribution in [0.2, 0.25) is 0 Å². The van der Waals surface area contributed by atoms with Gasteiger partial charge in [-0.2, -0.15) is 0 Å². The van der Waals surface area contributed by atoms with Crippen LogP contribution in [0, 0.1) is 0 Å². The van der Waals surface area contributed by atoms with Crippen molar-refractivity contribution >= 4 is 11.9 Å². The molecule has 0 bridgehead atoms. The molecular weight excluding hydrogens is 789 g/mol. The first-order chi connectivity index (χ1) is 31.6. The van der Waals surface area contributed by atoms with Gasteiger partial charge in [0, 0.05) is 12.8 Å². The van der Waals surface area contributed by atoms with Gasteiger partial charge in [-0.25, -0.2) is 0 Å². The normalized spacial score (nSPS) is 12.7. The molecule has 0 spiro atoms.